The number of alkyl halides is 3. The zero-order valence-electron chi connectivity index (χ0n) is 6.47. The molecule has 0 spiro atoms. The quantitative estimate of drug-likeness (QED) is 0.298. The third kappa shape index (κ3) is 3.80. The Hall–Kier alpha value is -1.26. The number of hydrogen-bond donors (Lipinski definition) is 1. The number of allylic oxidation sites excluding steroid dienone is 4. The molecule has 0 atom stereocenters. The normalized spacial score (nSPS) is 14.8. The Morgan fingerprint density at radius 2 is 2.00 bits per heavy atom. The van der Waals surface area contributed by atoms with Crippen molar-refractivity contribution in [1.82, 2.24) is 0 Å². The van der Waals surface area contributed by atoms with Crippen LogP contribution in [-0.2, 0) is 0 Å². The van der Waals surface area contributed by atoms with E-state index in [1.54, 1.807) is 0 Å². The maximum absolute atomic E-state index is 12.0. The van der Waals surface area contributed by atoms with Crippen LogP contribution < -0.4 is 5.84 Å². The van der Waals surface area contributed by atoms with E-state index in [-0.39, 0.29) is 0 Å². The molecule has 0 radical (unpaired) electrons. The molecular formula is C7H9F3N2. The summed E-state index contributed by atoms with van der Waals surface area (Å²) < 4.78 is 36.0. The summed E-state index contributed by atoms with van der Waals surface area (Å²) >= 11 is 0. The van der Waals surface area contributed by atoms with Gasteiger partial charge in [0.25, 0.3) is 0 Å². The third-order valence-electron chi connectivity index (χ3n) is 1.01. The highest BCUT2D eigenvalue weighted by Gasteiger charge is 2.30. The van der Waals surface area contributed by atoms with Gasteiger partial charge in [-0.05, 0) is 13.0 Å². The van der Waals surface area contributed by atoms with Crippen LogP contribution in [0.1, 0.15) is 6.92 Å². The van der Waals surface area contributed by atoms with Gasteiger partial charge in [0, 0.05) is 6.21 Å². The maximum Gasteiger partial charge on any atom is 0.416 e. The predicted octanol–water partition coefficient (Wildman–Crippen LogP) is 2.00. The third-order valence-corrected chi connectivity index (χ3v) is 1.01. The number of nitrogens with two attached hydrogens (primary N) is 1. The Morgan fingerprint density at radius 1 is 1.42 bits per heavy atom. The average Bonchev–Trinajstić information content (AvgIpc) is 1.95. The molecule has 0 aliphatic heterocycles. The van der Waals surface area contributed by atoms with Gasteiger partial charge in [-0.25, -0.2) is 0 Å². The lowest BCUT2D eigenvalue weighted by Crippen LogP contribution is -2.10. The van der Waals surface area contributed by atoms with Gasteiger partial charge >= 0.3 is 6.18 Å². The van der Waals surface area contributed by atoms with E-state index in [1.165, 1.54) is 13.0 Å². The minimum Gasteiger partial charge on any atom is -0.323 e. The molecule has 0 bridgehead atoms. The van der Waals surface area contributed by atoms with Crippen LogP contribution in [0.4, 0.5) is 13.2 Å². The largest absolute Gasteiger partial charge is 0.416 e. The van der Waals surface area contributed by atoms with Gasteiger partial charge in [-0.15, -0.1) is 0 Å². The van der Waals surface area contributed by atoms with Crippen molar-refractivity contribution in [2.75, 3.05) is 0 Å². The Labute approximate surface area is 68.3 Å². The summed E-state index contributed by atoms with van der Waals surface area (Å²) in [6.07, 6.45) is -0.415. The molecule has 0 saturated carbocycles. The highest BCUT2D eigenvalue weighted by Crippen LogP contribution is 2.25. The Kier molecular flexibility index (Phi) is 4.10. The van der Waals surface area contributed by atoms with Crippen molar-refractivity contribution in [2.45, 2.75) is 13.1 Å². The highest BCUT2D eigenvalue weighted by atomic mass is 19.4. The number of hydrazone groups is 1. The fourth-order valence-corrected chi connectivity index (χ4v) is 0.547. The lowest BCUT2D eigenvalue weighted by molar-refractivity contribution is -0.0880. The van der Waals surface area contributed by atoms with Gasteiger partial charge in [-0.1, -0.05) is 12.2 Å². The molecule has 2 N–H and O–H groups in total. The fourth-order valence-electron chi connectivity index (χ4n) is 0.547. The van der Waals surface area contributed by atoms with E-state index >= 15 is 0 Å². The molecule has 2 nitrogen and oxygen atoms in total. The second-order valence-corrected chi connectivity index (χ2v) is 1.92. The Balaban J connectivity index is 4.67. The first-order valence-electron chi connectivity index (χ1n) is 3.15. The summed E-state index contributed by atoms with van der Waals surface area (Å²) in [5.74, 6) is 4.65. The van der Waals surface area contributed by atoms with E-state index < -0.39 is 11.7 Å². The van der Waals surface area contributed by atoms with E-state index in [0.717, 1.165) is 18.4 Å². The van der Waals surface area contributed by atoms with E-state index in [2.05, 4.69) is 10.9 Å². The number of halogens is 3. The lowest BCUT2D eigenvalue weighted by atomic mass is 10.2. The topological polar surface area (TPSA) is 38.4 Å². The maximum atomic E-state index is 12.0. The van der Waals surface area contributed by atoms with Crippen molar-refractivity contribution in [1.29, 1.82) is 0 Å². The summed E-state index contributed by atoms with van der Waals surface area (Å²) in [6.45, 7) is 1.50. The van der Waals surface area contributed by atoms with E-state index in [4.69, 9.17) is 0 Å². The summed E-state index contributed by atoms with van der Waals surface area (Å²) in [4.78, 5) is 0. The summed E-state index contributed by atoms with van der Waals surface area (Å²) in [5, 5.41) is 2.94. The first-order valence-corrected chi connectivity index (χ1v) is 3.15. The molecule has 0 aromatic heterocycles. The monoisotopic (exact) mass is 178 g/mol. The van der Waals surface area contributed by atoms with Crippen LogP contribution in [0, 0.1) is 0 Å². The summed E-state index contributed by atoms with van der Waals surface area (Å²) in [5.41, 5.74) is -0.779. The van der Waals surface area contributed by atoms with Gasteiger partial charge in [0.05, 0.1) is 5.57 Å². The Morgan fingerprint density at radius 3 is 2.33 bits per heavy atom. The molecule has 12 heavy (non-hydrogen) atoms. The van der Waals surface area contributed by atoms with Crippen LogP contribution >= 0.6 is 0 Å². The van der Waals surface area contributed by atoms with E-state index in [1.807, 2.05) is 0 Å². The summed E-state index contributed by atoms with van der Waals surface area (Å²) in [7, 11) is 0. The smallest absolute Gasteiger partial charge is 0.323 e. The molecule has 0 amide bonds. The van der Waals surface area contributed by atoms with Gasteiger partial charge in [0.15, 0.2) is 0 Å². The first-order chi connectivity index (χ1) is 5.52. The molecule has 0 aliphatic rings. The summed E-state index contributed by atoms with van der Waals surface area (Å²) in [6, 6.07) is 0. The SMILES string of the molecule is C\C=C/C(=C\C=N\N)C(F)(F)F. The lowest BCUT2D eigenvalue weighted by Gasteiger charge is -2.05. The van der Waals surface area contributed by atoms with Crippen LogP contribution in [0.5, 0.6) is 0 Å². The minimum atomic E-state index is -4.35. The molecule has 68 valence electrons. The van der Waals surface area contributed by atoms with Crippen LogP contribution in [-0.4, -0.2) is 12.4 Å². The Bertz CT molecular complexity index is 213. The van der Waals surface area contributed by atoms with Crippen LogP contribution in [0.3, 0.4) is 0 Å². The molecule has 0 rings (SSSR count). The first kappa shape index (κ1) is 10.7. The minimum absolute atomic E-state index is 0.779. The number of rotatable bonds is 2. The predicted molar refractivity (Wildman–Crippen MR) is 41.6 cm³/mol. The van der Waals surface area contributed by atoms with Crippen molar-refractivity contribution in [3.05, 3.63) is 23.8 Å². The molecule has 0 aromatic carbocycles. The van der Waals surface area contributed by atoms with Crippen molar-refractivity contribution in [3.8, 4) is 0 Å². The van der Waals surface area contributed by atoms with Gasteiger partial charge < -0.3 is 5.84 Å². The molecule has 0 saturated heterocycles. The second kappa shape index (κ2) is 4.58. The van der Waals surface area contributed by atoms with Crippen molar-refractivity contribution < 1.29 is 13.2 Å². The molecule has 0 aromatic rings. The van der Waals surface area contributed by atoms with Crippen LogP contribution in [0.25, 0.3) is 0 Å². The van der Waals surface area contributed by atoms with Crippen molar-refractivity contribution >= 4 is 6.21 Å². The van der Waals surface area contributed by atoms with E-state index in [0.29, 0.717) is 0 Å². The zero-order chi connectivity index (χ0) is 9.61. The van der Waals surface area contributed by atoms with Crippen LogP contribution in [0.15, 0.2) is 28.9 Å². The number of nitrogens with zero attached hydrogens (tertiary/aromatic N) is 1. The van der Waals surface area contributed by atoms with E-state index in [9.17, 15) is 13.2 Å². The van der Waals surface area contributed by atoms with Gasteiger partial charge in [0.1, 0.15) is 0 Å². The van der Waals surface area contributed by atoms with Crippen molar-refractivity contribution in [3.63, 3.8) is 0 Å². The molecule has 0 heterocycles. The molecule has 0 fully saturated rings. The van der Waals surface area contributed by atoms with Crippen molar-refractivity contribution in [2.24, 2.45) is 10.9 Å². The molecule has 0 unspecified atom stereocenters. The van der Waals surface area contributed by atoms with Gasteiger partial charge in [0.2, 0.25) is 0 Å². The highest BCUT2D eigenvalue weighted by molar-refractivity contribution is 5.73. The average molecular weight is 178 g/mol. The fraction of sp³-hybridized carbons (Fsp3) is 0.286. The van der Waals surface area contributed by atoms with Crippen LogP contribution in [0.2, 0.25) is 0 Å². The molecule has 5 heteroatoms. The number of hydrogen-bond acceptors (Lipinski definition) is 2. The standard InChI is InChI=1S/C7H9F3N2/c1-2-3-6(4-5-12-11)7(8,9)10/h2-5H,11H2,1H3/b3-2-,6-4+,12-5+. The zero-order valence-corrected chi connectivity index (χ0v) is 6.47. The molecular weight excluding hydrogens is 169 g/mol. The van der Waals surface area contributed by atoms with Gasteiger partial charge in [-0.3, -0.25) is 0 Å². The second-order valence-electron chi connectivity index (χ2n) is 1.92. The molecule has 0 aliphatic carbocycles. The van der Waals surface area contributed by atoms with Gasteiger partial charge in [-0.2, -0.15) is 18.3 Å².